The van der Waals surface area contributed by atoms with E-state index in [1.165, 1.54) is 37.2 Å². The number of pyridine rings is 1. The van der Waals surface area contributed by atoms with Gasteiger partial charge >= 0.3 is 5.97 Å². The maximum Gasteiger partial charge on any atom is 0.341 e. The lowest BCUT2D eigenvalue weighted by Crippen LogP contribution is -2.32. The van der Waals surface area contributed by atoms with Gasteiger partial charge in [0, 0.05) is 14.2 Å². The molecule has 0 atom stereocenters. The highest BCUT2D eigenvalue weighted by molar-refractivity contribution is 5.87. The molecule has 2 heterocycles. The van der Waals surface area contributed by atoms with Gasteiger partial charge in [-0.05, 0) is 24.3 Å². The average Bonchev–Trinajstić information content (AvgIpc) is 2.99. The zero-order valence-electron chi connectivity index (χ0n) is 11.6. The molecule has 0 aliphatic carbocycles. The molecular weight excluding hydrogens is 278 g/mol. The minimum absolute atomic E-state index is 0.0446. The quantitative estimate of drug-likeness (QED) is 0.810. The smallest absolute Gasteiger partial charge is 0.341 e. The summed E-state index contributed by atoms with van der Waals surface area (Å²) >= 11 is 0. The summed E-state index contributed by atoms with van der Waals surface area (Å²) in [6.45, 7) is 0.0446. The van der Waals surface area contributed by atoms with E-state index in [-0.39, 0.29) is 12.1 Å². The van der Waals surface area contributed by atoms with Gasteiger partial charge in [0.15, 0.2) is 6.29 Å². The predicted molar refractivity (Wildman–Crippen MR) is 73.2 cm³/mol. The molecule has 2 rings (SSSR count). The van der Waals surface area contributed by atoms with Crippen molar-refractivity contribution >= 4 is 5.97 Å². The van der Waals surface area contributed by atoms with Crippen LogP contribution in [0.4, 0.5) is 0 Å². The molecule has 0 aliphatic rings. The summed E-state index contributed by atoms with van der Waals surface area (Å²) in [6.07, 6.45) is 0.791. The van der Waals surface area contributed by atoms with Crippen molar-refractivity contribution < 1.29 is 23.8 Å². The third-order valence-electron chi connectivity index (χ3n) is 3.04. The minimum atomic E-state index is -1.29. The van der Waals surface area contributed by atoms with E-state index in [4.69, 9.17) is 19.0 Å². The van der Waals surface area contributed by atoms with Crippen molar-refractivity contribution in [2.45, 2.75) is 12.8 Å². The summed E-state index contributed by atoms with van der Waals surface area (Å²) in [5, 5.41) is 9.06. The number of rotatable bonds is 6. The van der Waals surface area contributed by atoms with Gasteiger partial charge in [-0.1, -0.05) is 0 Å². The number of hydrogen-bond donors (Lipinski definition) is 1. The fraction of sp³-hybridized carbons (Fsp3) is 0.286. The number of carbonyl (C=O) groups is 1. The van der Waals surface area contributed by atoms with Crippen LogP contribution in [0.3, 0.4) is 0 Å². The molecule has 7 nitrogen and oxygen atoms in total. The first-order valence-electron chi connectivity index (χ1n) is 6.15. The van der Waals surface area contributed by atoms with Crippen molar-refractivity contribution in [1.29, 1.82) is 0 Å². The van der Waals surface area contributed by atoms with Crippen molar-refractivity contribution in [3.05, 3.63) is 46.4 Å². The Morgan fingerprint density at radius 1 is 1.33 bits per heavy atom. The molecule has 0 aromatic carbocycles. The molecule has 0 amide bonds. The Bertz CT molecular complexity index is 669. The van der Waals surface area contributed by atoms with Gasteiger partial charge in [0.05, 0.1) is 18.5 Å². The number of carboxylic acid groups (broad SMARTS) is 1. The zero-order valence-corrected chi connectivity index (χ0v) is 11.6. The standard InChI is InChI=1S/C14H15NO6/c1-19-12(20-2)8-15-10(11-4-3-7-21-11)6-5-9(13(15)16)14(17)18/h3-7,12H,8H2,1-2H3,(H,17,18). The van der Waals surface area contributed by atoms with Crippen LogP contribution in [-0.2, 0) is 16.0 Å². The Morgan fingerprint density at radius 2 is 2.05 bits per heavy atom. The molecule has 0 spiro atoms. The molecule has 0 radical (unpaired) electrons. The lowest BCUT2D eigenvalue weighted by Gasteiger charge is -2.18. The number of methoxy groups -OCH3 is 2. The number of hydrogen-bond acceptors (Lipinski definition) is 5. The first kappa shape index (κ1) is 15.0. The molecule has 0 saturated carbocycles. The number of aromatic carboxylic acids is 1. The van der Waals surface area contributed by atoms with Crippen LogP contribution in [0.15, 0.2) is 39.7 Å². The van der Waals surface area contributed by atoms with Crippen molar-refractivity contribution in [2.24, 2.45) is 0 Å². The Labute approximate surface area is 120 Å². The maximum atomic E-state index is 12.3. The number of ether oxygens (including phenoxy) is 2. The monoisotopic (exact) mass is 293 g/mol. The zero-order chi connectivity index (χ0) is 15.4. The van der Waals surface area contributed by atoms with E-state index in [9.17, 15) is 9.59 Å². The maximum absolute atomic E-state index is 12.3. The molecule has 2 aromatic heterocycles. The van der Waals surface area contributed by atoms with Crippen LogP contribution in [0, 0.1) is 0 Å². The van der Waals surface area contributed by atoms with Crippen LogP contribution in [0.25, 0.3) is 11.5 Å². The van der Waals surface area contributed by atoms with Crippen LogP contribution < -0.4 is 5.56 Å². The van der Waals surface area contributed by atoms with Crippen molar-refractivity contribution in [2.75, 3.05) is 14.2 Å². The molecule has 112 valence electrons. The van der Waals surface area contributed by atoms with Crippen LogP contribution >= 0.6 is 0 Å². The molecule has 2 aromatic rings. The van der Waals surface area contributed by atoms with E-state index < -0.39 is 17.8 Å². The van der Waals surface area contributed by atoms with Crippen molar-refractivity contribution in [1.82, 2.24) is 4.57 Å². The van der Waals surface area contributed by atoms with Gasteiger partial charge in [0.25, 0.3) is 5.56 Å². The van der Waals surface area contributed by atoms with Gasteiger partial charge in [-0.3, -0.25) is 9.36 Å². The SMILES string of the molecule is COC(Cn1c(-c2ccco2)ccc(C(=O)O)c1=O)OC. The summed E-state index contributed by atoms with van der Waals surface area (Å²) in [5.74, 6) is -0.832. The molecule has 0 unspecified atom stereocenters. The molecule has 21 heavy (non-hydrogen) atoms. The Morgan fingerprint density at radius 3 is 2.57 bits per heavy atom. The number of aromatic nitrogens is 1. The van der Waals surface area contributed by atoms with Crippen LogP contribution in [0.1, 0.15) is 10.4 Å². The molecule has 0 fully saturated rings. The predicted octanol–water partition coefficient (Wildman–Crippen LogP) is 1.43. The lowest BCUT2D eigenvalue weighted by molar-refractivity contribution is -0.111. The number of nitrogens with zero attached hydrogens (tertiary/aromatic N) is 1. The van der Waals surface area contributed by atoms with E-state index in [0.717, 1.165) is 0 Å². The van der Waals surface area contributed by atoms with E-state index in [1.54, 1.807) is 12.1 Å². The number of furan rings is 1. The first-order chi connectivity index (χ1) is 10.1. The lowest BCUT2D eigenvalue weighted by atomic mass is 10.2. The van der Waals surface area contributed by atoms with E-state index >= 15 is 0 Å². The third-order valence-corrected chi connectivity index (χ3v) is 3.04. The van der Waals surface area contributed by atoms with Gasteiger partial charge in [-0.15, -0.1) is 0 Å². The van der Waals surface area contributed by atoms with Gasteiger partial charge in [-0.2, -0.15) is 0 Å². The number of carboxylic acids is 1. The normalized spacial score (nSPS) is 11.0. The van der Waals surface area contributed by atoms with Crippen LogP contribution in [0.2, 0.25) is 0 Å². The van der Waals surface area contributed by atoms with E-state index in [2.05, 4.69) is 0 Å². The van der Waals surface area contributed by atoms with Gasteiger partial charge in [-0.25, -0.2) is 4.79 Å². The summed E-state index contributed by atoms with van der Waals surface area (Å²) in [4.78, 5) is 23.4. The molecule has 1 N–H and O–H groups in total. The summed E-state index contributed by atoms with van der Waals surface area (Å²) in [7, 11) is 2.87. The summed E-state index contributed by atoms with van der Waals surface area (Å²) < 4.78 is 16.7. The van der Waals surface area contributed by atoms with Crippen LogP contribution in [-0.4, -0.2) is 36.2 Å². The fourth-order valence-corrected chi connectivity index (χ4v) is 1.96. The highest BCUT2D eigenvalue weighted by Crippen LogP contribution is 2.19. The molecule has 7 heteroatoms. The Balaban J connectivity index is 2.58. The van der Waals surface area contributed by atoms with E-state index in [1.807, 2.05) is 0 Å². The van der Waals surface area contributed by atoms with Gasteiger partial charge < -0.3 is 19.0 Å². The summed E-state index contributed by atoms with van der Waals surface area (Å²) in [5.41, 5.74) is -0.513. The Hall–Kier alpha value is -2.38. The minimum Gasteiger partial charge on any atom is -0.477 e. The second kappa shape index (κ2) is 6.38. The molecule has 0 saturated heterocycles. The van der Waals surface area contributed by atoms with E-state index in [0.29, 0.717) is 11.5 Å². The fourth-order valence-electron chi connectivity index (χ4n) is 1.96. The first-order valence-corrected chi connectivity index (χ1v) is 6.15. The molecule has 0 aliphatic heterocycles. The van der Waals surface area contributed by atoms with Crippen LogP contribution in [0.5, 0.6) is 0 Å². The molecular formula is C14H15NO6. The molecule has 0 bridgehead atoms. The third kappa shape index (κ3) is 3.04. The highest BCUT2D eigenvalue weighted by atomic mass is 16.7. The van der Waals surface area contributed by atoms with Crippen molar-refractivity contribution in [3.63, 3.8) is 0 Å². The topological polar surface area (TPSA) is 90.9 Å². The average molecular weight is 293 g/mol. The van der Waals surface area contributed by atoms with Crippen molar-refractivity contribution in [3.8, 4) is 11.5 Å². The Kier molecular flexibility index (Phi) is 4.56. The second-order valence-corrected chi connectivity index (χ2v) is 4.23. The largest absolute Gasteiger partial charge is 0.477 e. The summed E-state index contributed by atoms with van der Waals surface area (Å²) in [6, 6.07) is 6.14. The van der Waals surface area contributed by atoms with Gasteiger partial charge in [0.2, 0.25) is 0 Å². The highest BCUT2D eigenvalue weighted by Gasteiger charge is 2.19. The second-order valence-electron chi connectivity index (χ2n) is 4.23. The van der Waals surface area contributed by atoms with Gasteiger partial charge in [0.1, 0.15) is 11.3 Å².